The Morgan fingerprint density at radius 3 is 2.81 bits per heavy atom. The van der Waals surface area contributed by atoms with Gasteiger partial charge in [-0.25, -0.2) is 9.37 Å². The van der Waals surface area contributed by atoms with Gasteiger partial charge in [0.2, 0.25) is 0 Å². The normalized spacial score (nSPS) is 10.9. The third kappa shape index (κ3) is 3.47. The van der Waals surface area contributed by atoms with Crippen molar-refractivity contribution in [2.75, 3.05) is 0 Å². The monoisotopic (exact) mass is 383 g/mol. The maximum atomic E-state index is 13.2. The van der Waals surface area contributed by atoms with Gasteiger partial charge in [0.25, 0.3) is 5.56 Å². The number of aromatic nitrogens is 5. The lowest BCUT2D eigenvalue weighted by Crippen LogP contribution is -2.14. The molecule has 0 saturated heterocycles. The highest BCUT2D eigenvalue weighted by Crippen LogP contribution is 2.23. The third-order valence-corrected chi connectivity index (χ3v) is 4.04. The van der Waals surface area contributed by atoms with E-state index < -0.39 is 5.82 Å². The Labute approximate surface area is 156 Å². The van der Waals surface area contributed by atoms with Crippen LogP contribution in [0, 0.1) is 5.82 Å². The van der Waals surface area contributed by atoms with Gasteiger partial charge in [-0.3, -0.25) is 19.7 Å². The van der Waals surface area contributed by atoms with Crippen LogP contribution in [0.25, 0.3) is 22.3 Å². The first-order valence-corrected chi connectivity index (χ1v) is 8.22. The lowest BCUT2D eigenvalue weighted by Gasteiger charge is -2.08. The molecule has 1 aromatic carbocycles. The average Bonchev–Trinajstić information content (AvgIpc) is 2.69. The molecule has 4 aromatic rings. The summed E-state index contributed by atoms with van der Waals surface area (Å²) in [7, 11) is 0. The van der Waals surface area contributed by atoms with Crippen molar-refractivity contribution < 1.29 is 9.13 Å². The fourth-order valence-electron chi connectivity index (χ4n) is 2.51. The van der Waals surface area contributed by atoms with Crippen LogP contribution in [0.2, 0.25) is 5.02 Å². The van der Waals surface area contributed by atoms with Crippen molar-refractivity contribution in [1.82, 2.24) is 24.9 Å². The zero-order valence-electron chi connectivity index (χ0n) is 13.7. The van der Waals surface area contributed by atoms with E-state index in [1.165, 1.54) is 30.6 Å². The second kappa shape index (κ2) is 7.08. The van der Waals surface area contributed by atoms with Gasteiger partial charge in [-0.05, 0) is 18.2 Å². The van der Waals surface area contributed by atoms with Crippen molar-refractivity contribution in [3.63, 3.8) is 0 Å². The van der Waals surface area contributed by atoms with Crippen LogP contribution in [-0.4, -0.2) is 24.9 Å². The molecular weight excluding hydrogens is 373 g/mol. The van der Waals surface area contributed by atoms with E-state index in [2.05, 4.69) is 24.9 Å². The van der Waals surface area contributed by atoms with Crippen molar-refractivity contribution in [3.8, 4) is 17.1 Å². The van der Waals surface area contributed by atoms with Crippen LogP contribution in [0.5, 0.6) is 5.75 Å². The first kappa shape index (κ1) is 17.0. The zero-order chi connectivity index (χ0) is 18.8. The minimum Gasteiger partial charge on any atom is -0.486 e. The van der Waals surface area contributed by atoms with Gasteiger partial charge in [0, 0.05) is 24.7 Å². The molecule has 0 fully saturated rings. The van der Waals surface area contributed by atoms with Crippen LogP contribution in [0.15, 0.2) is 53.8 Å². The lowest BCUT2D eigenvalue weighted by atomic mass is 10.2. The third-order valence-electron chi connectivity index (χ3n) is 3.75. The molecule has 0 unspecified atom stereocenters. The van der Waals surface area contributed by atoms with Gasteiger partial charge in [-0.2, -0.15) is 0 Å². The molecule has 3 aromatic heterocycles. The van der Waals surface area contributed by atoms with E-state index in [1.54, 1.807) is 18.5 Å². The topological polar surface area (TPSA) is 93.7 Å². The average molecular weight is 384 g/mol. The van der Waals surface area contributed by atoms with Gasteiger partial charge in [0.05, 0.1) is 16.6 Å². The lowest BCUT2D eigenvalue weighted by molar-refractivity contribution is 0.295. The Morgan fingerprint density at radius 2 is 2.04 bits per heavy atom. The van der Waals surface area contributed by atoms with E-state index in [9.17, 15) is 9.18 Å². The number of nitrogens with zero attached hydrogens (tertiary/aromatic N) is 4. The molecule has 0 spiro atoms. The Bertz CT molecular complexity index is 1180. The number of aromatic amines is 1. The van der Waals surface area contributed by atoms with E-state index in [-0.39, 0.29) is 23.0 Å². The van der Waals surface area contributed by atoms with Gasteiger partial charge in [-0.15, -0.1) is 0 Å². The number of H-pyrrole nitrogens is 1. The van der Waals surface area contributed by atoms with E-state index in [0.29, 0.717) is 28.0 Å². The molecule has 7 nitrogen and oxygen atoms in total. The molecule has 9 heteroatoms. The molecule has 0 saturated carbocycles. The molecule has 0 bridgehead atoms. The number of ether oxygens (including phenoxy) is 1. The Morgan fingerprint density at radius 1 is 1.15 bits per heavy atom. The second-order valence-corrected chi connectivity index (χ2v) is 5.93. The largest absolute Gasteiger partial charge is 0.486 e. The number of halogens is 2. The molecule has 1 N–H and O–H groups in total. The SMILES string of the molecule is O=c1[nH]c(COc2ccc(F)c(Cl)c2)nc2c(-c3cnccn3)nccc12. The number of nitrogens with one attached hydrogen (secondary N) is 1. The predicted octanol–water partition coefficient (Wildman–Crippen LogP) is 3.15. The molecular formula is C18H11ClFN5O2. The number of fused-ring (bicyclic) bond motifs is 1. The molecule has 0 aliphatic carbocycles. The van der Waals surface area contributed by atoms with Crippen LogP contribution >= 0.6 is 11.6 Å². The molecule has 0 radical (unpaired) electrons. The van der Waals surface area contributed by atoms with Crippen LogP contribution in [0.1, 0.15) is 5.82 Å². The maximum absolute atomic E-state index is 13.2. The fraction of sp³-hybridized carbons (Fsp3) is 0.0556. The molecule has 0 atom stereocenters. The van der Waals surface area contributed by atoms with E-state index in [4.69, 9.17) is 16.3 Å². The van der Waals surface area contributed by atoms with Crippen molar-refractivity contribution in [2.45, 2.75) is 6.61 Å². The van der Waals surface area contributed by atoms with Gasteiger partial charge in [0.15, 0.2) is 0 Å². The van der Waals surface area contributed by atoms with Gasteiger partial charge in [0.1, 0.15) is 40.9 Å². The minimum absolute atomic E-state index is 0.0397. The van der Waals surface area contributed by atoms with Crippen LogP contribution < -0.4 is 10.3 Å². The summed E-state index contributed by atoms with van der Waals surface area (Å²) in [6, 6.07) is 5.56. The van der Waals surface area contributed by atoms with E-state index >= 15 is 0 Å². The molecule has 0 aliphatic heterocycles. The molecule has 3 heterocycles. The fourth-order valence-corrected chi connectivity index (χ4v) is 2.68. The quantitative estimate of drug-likeness (QED) is 0.582. The van der Waals surface area contributed by atoms with Crippen molar-refractivity contribution >= 4 is 22.5 Å². The number of pyridine rings is 1. The summed E-state index contributed by atoms with van der Waals surface area (Å²) in [6.45, 7) is -0.0397. The van der Waals surface area contributed by atoms with E-state index in [1.807, 2.05) is 0 Å². The standard InChI is InChI=1S/C18H11ClFN5O2/c19-12-7-10(1-2-13(12)20)27-9-15-24-16-11(18(26)25-15)3-4-23-17(16)14-8-21-5-6-22-14/h1-8H,9H2,(H,24,25,26). The Kier molecular flexibility index (Phi) is 4.47. The number of hydrogen-bond donors (Lipinski definition) is 1. The number of hydrogen-bond acceptors (Lipinski definition) is 6. The number of benzene rings is 1. The number of rotatable bonds is 4. The summed E-state index contributed by atoms with van der Waals surface area (Å²) in [6.07, 6.45) is 6.13. The Hall–Kier alpha value is -3.39. The summed E-state index contributed by atoms with van der Waals surface area (Å²) in [4.78, 5) is 32.0. The Balaban J connectivity index is 1.72. The summed E-state index contributed by atoms with van der Waals surface area (Å²) < 4.78 is 18.8. The van der Waals surface area contributed by atoms with Crippen LogP contribution in [0.3, 0.4) is 0 Å². The summed E-state index contributed by atoms with van der Waals surface area (Å²) in [5, 5.41) is 0.320. The predicted molar refractivity (Wildman–Crippen MR) is 96.9 cm³/mol. The summed E-state index contributed by atoms with van der Waals surface area (Å²) >= 11 is 5.74. The smallest absolute Gasteiger partial charge is 0.258 e. The molecule has 27 heavy (non-hydrogen) atoms. The molecule has 134 valence electrons. The van der Waals surface area contributed by atoms with Crippen molar-refractivity contribution in [1.29, 1.82) is 0 Å². The maximum Gasteiger partial charge on any atom is 0.258 e. The first-order valence-electron chi connectivity index (χ1n) is 7.84. The first-order chi connectivity index (χ1) is 13.1. The van der Waals surface area contributed by atoms with Gasteiger partial charge in [-0.1, -0.05) is 11.6 Å². The highest BCUT2D eigenvalue weighted by molar-refractivity contribution is 6.30. The van der Waals surface area contributed by atoms with Gasteiger partial charge >= 0.3 is 0 Å². The minimum atomic E-state index is -0.541. The molecule has 4 rings (SSSR count). The molecule has 0 amide bonds. The van der Waals surface area contributed by atoms with Gasteiger partial charge < -0.3 is 9.72 Å². The second-order valence-electron chi connectivity index (χ2n) is 5.52. The van der Waals surface area contributed by atoms with Crippen molar-refractivity contribution in [3.05, 3.63) is 76.1 Å². The van der Waals surface area contributed by atoms with Crippen LogP contribution in [0.4, 0.5) is 4.39 Å². The summed E-state index contributed by atoms with van der Waals surface area (Å²) in [5.41, 5.74) is 0.997. The van der Waals surface area contributed by atoms with Crippen molar-refractivity contribution in [2.24, 2.45) is 0 Å². The summed E-state index contributed by atoms with van der Waals surface area (Å²) in [5.74, 6) is 0.0940. The van der Waals surface area contributed by atoms with Crippen LogP contribution in [-0.2, 0) is 6.61 Å². The highest BCUT2D eigenvalue weighted by Gasteiger charge is 2.13. The zero-order valence-corrected chi connectivity index (χ0v) is 14.4. The van der Waals surface area contributed by atoms with E-state index in [0.717, 1.165) is 0 Å². The molecule has 0 aliphatic rings. The highest BCUT2D eigenvalue weighted by atomic mass is 35.5.